The van der Waals surface area contributed by atoms with Crippen LogP contribution in [0.5, 0.6) is 5.75 Å². The van der Waals surface area contributed by atoms with E-state index in [-0.39, 0.29) is 0 Å². The minimum Gasteiger partial charge on any atom is -0.489 e. The third-order valence-electron chi connectivity index (χ3n) is 2.77. The van der Waals surface area contributed by atoms with Gasteiger partial charge in [-0.15, -0.1) is 0 Å². The summed E-state index contributed by atoms with van der Waals surface area (Å²) in [5, 5.41) is 0. The van der Waals surface area contributed by atoms with Crippen LogP contribution in [-0.2, 0) is 6.61 Å². The number of hydrogen-bond acceptors (Lipinski definition) is 1. The molecule has 0 N–H and O–H groups in total. The highest BCUT2D eigenvalue weighted by Gasteiger charge is 2.02. The van der Waals surface area contributed by atoms with Crippen LogP contribution >= 0.6 is 0 Å². The van der Waals surface area contributed by atoms with Crippen molar-refractivity contribution in [2.24, 2.45) is 0 Å². The molecule has 2 aromatic rings. The molecule has 1 heteroatoms. The van der Waals surface area contributed by atoms with Crippen LogP contribution in [0.1, 0.15) is 16.7 Å². The van der Waals surface area contributed by atoms with Crippen molar-refractivity contribution < 1.29 is 4.74 Å². The highest BCUT2D eigenvalue weighted by atomic mass is 16.5. The molecule has 0 aliphatic heterocycles. The minimum absolute atomic E-state index is 0.641. The molecule has 0 unspecified atom stereocenters. The quantitative estimate of drug-likeness (QED) is 0.750. The van der Waals surface area contributed by atoms with Crippen LogP contribution in [0.15, 0.2) is 48.5 Å². The topological polar surface area (TPSA) is 9.23 Å². The fourth-order valence-corrected chi connectivity index (χ4v) is 1.75. The molecule has 0 aliphatic rings. The number of para-hydroxylation sites is 1. The Labute approximate surface area is 96.7 Å². The lowest BCUT2D eigenvalue weighted by Crippen LogP contribution is -2.00. The highest BCUT2D eigenvalue weighted by molar-refractivity contribution is 5.33. The van der Waals surface area contributed by atoms with Gasteiger partial charge in [0.25, 0.3) is 0 Å². The Kier molecular flexibility index (Phi) is 3.25. The normalized spacial score (nSPS) is 10.1. The van der Waals surface area contributed by atoms with Gasteiger partial charge in [0, 0.05) is 0 Å². The fourth-order valence-electron chi connectivity index (χ4n) is 1.75. The average Bonchev–Trinajstić information content (AvgIpc) is 2.30. The highest BCUT2D eigenvalue weighted by Crippen LogP contribution is 2.17. The number of aryl methyl sites for hydroxylation is 2. The van der Waals surface area contributed by atoms with Gasteiger partial charge in [-0.25, -0.2) is 0 Å². The monoisotopic (exact) mass is 212 g/mol. The maximum absolute atomic E-state index is 5.75. The van der Waals surface area contributed by atoms with Gasteiger partial charge in [-0.1, -0.05) is 36.4 Å². The van der Waals surface area contributed by atoms with Crippen molar-refractivity contribution in [2.75, 3.05) is 0 Å². The first kappa shape index (κ1) is 10.7. The predicted octanol–water partition coefficient (Wildman–Crippen LogP) is 3.88. The third-order valence-corrected chi connectivity index (χ3v) is 2.77. The Morgan fingerprint density at radius 3 is 2.06 bits per heavy atom. The first-order valence-electron chi connectivity index (χ1n) is 5.50. The zero-order valence-electron chi connectivity index (χ0n) is 9.73. The average molecular weight is 212 g/mol. The molecule has 1 nitrogen and oxygen atoms in total. The lowest BCUT2D eigenvalue weighted by Gasteiger charge is -2.11. The van der Waals surface area contributed by atoms with Gasteiger partial charge in [-0.3, -0.25) is 0 Å². The summed E-state index contributed by atoms with van der Waals surface area (Å²) in [5.41, 5.74) is 3.86. The summed E-state index contributed by atoms with van der Waals surface area (Å²) in [6.07, 6.45) is 0. The van der Waals surface area contributed by atoms with Gasteiger partial charge >= 0.3 is 0 Å². The van der Waals surface area contributed by atoms with E-state index in [4.69, 9.17) is 4.74 Å². The van der Waals surface area contributed by atoms with Crippen LogP contribution in [0.3, 0.4) is 0 Å². The van der Waals surface area contributed by atoms with Crippen LogP contribution in [0.25, 0.3) is 0 Å². The van der Waals surface area contributed by atoms with Gasteiger partial charge in [0.15, 0.2) is 0 Å². The van der Waals surface area contributed by atoms with Gasteiger partial charge in [0.2, 0.25) is 0 Å². The molecule has 0 aromatic heterocycles. The molecule has 0 fully saturated rings. The molecule has 0 radical (unpaired) electrons. The molecular weight excluding hydrogens is 196 g/mol. The Morgan fingerprint density at radius 1 is 0.812 bits per heavy atom. The third kappa shape index (κ3) is 2.43. The van der Waals surface area contributed by atoms with E-state index < -0.39 is 0 Å². The van der Waals surface area contributed by atoms with Gasteiger partial charge in [0.05, 0.1) is 0 Å². The second-order valence-electron chi connectivity index (χ2n) is 3.97. The second-order valence-corrected chi connectivity index (χ2v) is 3.97. The molecule has 0 spiro atoms. The van der Waals surface area contributed by atoms with Crippen molar-refractivity contribution in [2.45, 2.75) is 20.5 Å². The first-order valence-corrected chi connectivity index (χ1v) is 5.50. The number of hydrogen-bond donors (Lipinski definition) is 0. The first-order chi connectivity index (χ1) is 7.77. The largest absolute Gasteiger partial charge is 0.489 e. The van der Waals surface area contributed by atoms with E-state index >= 15 is 0 Å². The summed E-state index contributed by atoms with van der Waals surface area (Å²) in [6, 6.07) is 16.2. The molecule has 0 aliphatic carbocycles. The molecule has 0 bridgehead atoms. The summed E-state index contributed by atoms with van der Waals surface area (Å²) in [4.78, 5) is 0. The standard InChI is InChI=1S/C15H16O/c1-12-7-6-8-13(2)15(12)11-16-14-9-4-3-5-10-14/h3-10H,11H2,1-2H3. The summed E-state index contributed by atoms with van der Waals surface area (Å²) in [6.45, 7) is 4.88. The molecular formula is C15H16O. The molecule has 0 saturated carbocycles. The second kappa shape index (κ2) is 4.84. The number of rotatable bonds is 3. The fraction of sp³-hybridized carbons (Fsp3) is 0.200. The Hall–Kier alpha value is -1.76. The van der Waals surface area contributed by atoms with Gasteiger partial charge in [0.1, 0.15) is 12.4 Å². The molecule has 2 rings (SSSR count). The molecule has 16 heavy (non-hydrogen) atoms. The van der Waals surface area contributed by atoms with Crippen molar-refractivity contribution in [1.29, 1.82) is 0 Å². The van der Waals surface area contributed by atoms with Crippen molar-refractivity contribution in [3.05, 3.63) is 65.2 Å². The number of benzene rings is 2. The van der Waals surface area contributed by atoms with E-state index in [0.717, 1.165) is 5.75 Å². The van der Waals surface area contributed by atoms with Crippen LogP contribution < -0.4 is 4.74 Å². The molecule has 82 valence electrons. The minimum atomic E-state index is 0.641. The maximum atomic E-state index is 5.75. The zero-order chi connectivity index (χ0) is 11.4. The molecule has 0 heterocycles. The molecule has 0 amide bonds. The van der Waals surface area contributed by atoms with Crippen LogP contribution in [-0.4, -0.2) is 0 Å². The molecule has 0 atom stereocenters. The summed E-state index contributed by atoms with van der Waals surface area (Å²) in [5.74, 6) is 0.921. The maximum Gasteiger partial charge on any atom is 0.119 e. The molecule has 2 aromatic carbocycles. The van der Waals surface area contributed by atoms with E-state index in [0.29, 0.717) is 6.61 Å². The Bertz CT molecular complexity index is 440. The Morgan fingerprint density at radius 2 is 1.44 bits per heavy atom. The SMILES string of the molecule is Cc1cccc(C)c1COc1ccccc1. The van der Waals surface area contributed by atoms with E-state index in [9.17, 15) is 0 Å². The van der Waals surface area contributed by atoms with Crippen molar-refractivity contribution >= 4 is 0 Å². The summed E-state index contributed by atoms with van der Waals surface area (Å²) >= 11 is 0. The van der Waals surface area contributed by atoms with Gasteiger partial charge in [-0.05, 0) is 42.7 Å². The van der Waals surface area contributed by atoms with E-state index in [1.165, 1.54) is 16.7 Å². The predicted molar refractivity (Wildman–Crippen MR) is 66.7 cm³/mol. The van der Waals surface area contributed by atoms with E-state index in [1.54, 1.807) is 0 Å². The van der Waals surface area contributed by atoms with Crippen LogP contribution in [0.2, 0.25) is 0 Å². The Balaban J connectivity index is 2.11. The van der Waals surface area contributed by atoms with Crippen molar-refractivity contribution in [3.8, 4) is 5.75 Å². The van der Waals surface area contributed by atoms with Crippen molar-refractivity contribution in [1.82, 2.24) is 0 Å². The zero-order valence-corrected chi connectivity index (χ0v) is 9.73. The number of ether oxygens (including phenoxy) is 1. The lowest BCUT2D eigenvalue weighted by atomic mass is 10.0. The summed E-state index contributed by atoms with van der Waals surface area (Å²) < 4.78 is 5.75. The van der Waals surface area contributed by atoms with E-state index in [1.807, 2.05) is 30.3 Å². The lowest BCUT2D eigenvalue weighted by molar-refractivity contribution is 0.304. The smallest absolute Gasteiger partial charge is 0.119 e. The van der Waals surface area contributed by atoms with Crippen LogP contribution in [0, 0.1) is 13.8 Å². The van der Waals surface area contributed by atoms with Crippen LogP contribution in [0.4, 0.5) is 0 Å². The van der Waals surface area contributed by atoms with Gasteiger partial charge < -0.3 is 4.74 Å². The van der Waals surface area contributed by atoms with Gasteiger partial charge in [-0.2, -0.15) is 0 Å². The van der Waals surface area contributed by atoms with E-state index in [2.05, 4.69) is 32.0 Å². The van der Waals surface area contributed by atoms with Crippen molar-refractivity contribution in [3.63, 3.8) is 0 Å². The molecule has 0 saturated heterocycles. The summed E-state index contributed by atoms with van der Waals surface area (Å²) in [7, 11) is 0.